The molecule has 1 aromatic heterocycles. The summed E-state index contributed by atoms with van der Waals surface area (Å²) in [5, 5.41) is 3.32. The summed E-state index contributed by atoms with van der Waals surface area (Å²) in [6, 6.07) is 0.0831. The van der Waals surface area contributed by atoms with Crippen LogP contribution in [-0.2, 0) is 0 Å². The second kappa shape index (κ2) is 9.55. The minimum Gasteiger partial charge on any atom is -0.463 e. The molecule has 0 radical (unpaired) electrons. The summed E-state index contributed by atoms with van der Waals surface area (Å²) in [7, 11) is 0. The molecule has 1 rings (SSSR count). The minimum atomic E-state index is 0.00665. The van der Waals surface area contributed by atoms with Crippen molar-refractivity contribution >= 4 is 0 Å². The van der Waals surface area contributed by atoms with E-state index in [4.69, 9.17) is 31.2 Å². The zero-order chi connectivity index (χ0) is 14.6. The van der Waals surface area contributed by atoms with Crippen LogP contribution in [0.15, 0.2) is 5.11 Å². The van der Waals surface area contributed by atoms with E-state index in [-0.39, 0.29) is 44.4 Å². The van der Waals surface area contributed by atoms with Crippen LogP contribution in [-0.4, -0.2) is 54.4 Å². The van der Waals surface area contributed by atoms with E-state index >= 15 is 0 Å². The van der Waals surface area contributed by atoms with Crippen molar-refractivity contribution < 1.29 is 14.2 Å². The van der Waals surface area contributed by atoms with Gasteiger partial charge in [-0.1, -0.05) is 5.11 Å². The average Bonchev–Trinajstić information content (AvgIpc) is 2.47. The van der Waals surface area contributed by atoms with Crippen LogP contribution in [0.5, 0.6) is 18.0 Å². The van der Waals surface area contributed by atoms with Gasteiger partial charge in [0.1, 0.15) is 13.2 Å². The van der Waals surface area contributed by atoms with E-state index in [2.05, 4.69) is 25.0 Å². The van der Waals surface area contributed by atoms with Gasteiger partial charge in [-0.15, -0.1) is 15.0 Å². The van der Waals surface area contributed by atoms with Gasteiger partial charge in [-0.05, 0) is 5.53 Å². The molecule has 0 spiro atoms. The predicted molar refractivity (Wildman–Crippen MR) is 68.4 cm³/mol. The van der Waals surface area contributed by atoms with E-state index in [1.807, 2.05) is 0 Å². The van der Waals surface area contributed by atoms with Crippen molar-refractivity contribution in [3.8, 4) is 18.0 Å². The van der Waals surface area contributed by atoms with Gasteiger partial charge >= 0.3 is 18.0 Å². The zero-order valence-corrected chi connectivity index (χ0v) is 10.8. The standard InChI is InChI=1S/C9H16N8O3/c10-1-4-18-7-14-8(19-5-2-11)16-9(15-7)20-6-3-13-17-12/h1-6,10-11H2. The molecule has 20 heavy (non-hydrogen) atoms. The first-order valence-electron chi connectivity index (χ1n) is 5.85. The summed E-state index contributed by atoms with van der Waals surface area (Å²) in [6.07, 6.45) is 0. The Morgan fingerprint density at radius 2 is 1.35 bits per heavy atom. The van der Waals surface area contributed by atoms with Gasteiger partial charge in [0, 0.05) is 18.0 Å². The highest BCUT2D eigenvalue weighted by Gasteiger charge is 2.09. The number of nitrogens with zero attached hydrogens (tertiary/aromatic N) is 6. The summed E-state index contributed by atoms with van der Waals surface area (Å²) in [5.74, 6) is 0. The molecule has 1 heterocycles. The summed E-state index contributed by atoms with van der Waals surface area (Å²) >= 11 is 0. The van der Waals surface area contributed by atoms with Crippen molar-refractivity contribution in [2.75, 3.05) is 39.5 Å². The summed E-state index contributed by atoms with van der Waals surface area (Å²) in [5.41, 5.74) is 18.8. The maximum atomic E-state index is 8.14. The number of aromatic nitrogens is 3. The van der Waals surface area contributed by atoms with Gasteiger partial charge in [0.05, 0.1) is 13.2 Å². The first kappa shape index (κ1) is 15.7. The van der Waals surface area contributed by atoms with Gasteiger partial charge in [0.15, 0.2) is 0 Å². The summed E-state index contributed by atoms with van der Waals surface area (Å²) in [4.78, 5) is 14.3. The molecular weight excluding hydrogens is 268 g/mol. The smallest absolute Gasteiger partial charge is 0.325 e. The number of azide groups is 1. The van der Waals surface area contributed by atoms with Crippen molar-refractivity contribution in [2.24, 2.45) is 16.6 Å². The Kier molecular flexibility index (Phi) is 7.50. The number of nitrogens with two attached hydrogens (primary N) is 2. The molecule has 0 saturated heterocycles. The molecule has 0 atom stereocenters. The molecule has 0 bridgehead atoms. The van der Waals surface area contributed by atoms with Gasteiger partial charge in [0.25, 0.3) is 0 Å². The van der Waals surface area contributed by atoms with Crippen molar-refractivity contribution in [3.05, 3.63) is 10.4 Å². The lowest BCUT2D eigenvalue weighted by molar-refractivity contribution is 0.243. The van der Waals surface area contributed by atoms with Crippen LogP contribution in [0.1, 0.15) is 0 Å². The summed E-state index contributed by atoms with van der Waals surface area (Å²) < 4.78 is 15.6. The largest absolute Gasteiger partial charge is 0.463 e. The van der Waals surface area contributed by atoms with Gasteiger partial charge in [-0.25, -0.2) is 0 Å². The lowest BCUT2D eigenvalue weighted by Crippen LogP contribution is -2.16. The van der Waals surface area contributed by atoms with Crippen LogP contribution in [0.25, 0.3) is 10.4 Å². The molecule has 11 heteroatoms. The molecule has 0 saturated carbocycles. The third kappa shape index (κ3) is 6.00. The Bertz CT molecular complexity index is 425. The van der Waals surface area contributed by atoms with E-state index in [9.17, 15) is 0 Å². The van der Waals surface area contributed by atoms with Gasteiger partial charge < -0.3 is 25.7 Å². The molecule has 0 aliphatic heterocycles. The fourth-order valence-electron chi connectivity index (χ4n) is 1.04. The third-order valence-electron chi connectivity index (χ3n) is 1.76. The highest BCUT2D eigenvalue weighted by Crippen LogP contribution is 2.14. The zero-order valence-electron chi connectivity index (χ0n) is 10.8. The quantitative estimate of drug-likeness (QED) is 0.244. The first-order chi connectivity index (χ1) is 9.80. The SMILES string of the molecule is [N-]=[N+]=NCCOc1nc(OCCN)nc(OCCN)n1. The third-order valence-corrected chi connectivity index (χ3v) is 1.76. The Morgan fingerprint density at radius 3 is 1.75 bits per heavy atom. The van der Waals surface area contributed by atoms with Crippen LogP contribution in [0.3, 0.4) is 0 Å². The molecule has 0 aromatic carbocycles. The van der Waals surface area contributed by atoms with Crippen molar-refractivity contribution in [1.82, 2.24) is 15.0 Å². The number of hydrogen-bond acceptors (Lipinski definition) is 9. The molecule has 1 aromatic rings. The maximum absolute atomic E-state index is 8.14. The monoisotopic (exact) mass is 284 g/mol. The van der Waals surface area contributed by atoms with E-state index in [0.717, 1.165) is 0 Å². The topological polar surface area (TPSA) is 167 Å². The van der Waals surface area contributed by atoms with Crippen LogP contribution < -0.4 is 25.7 Å². The average molecular weight is 284 g/mol. The molecular formula is C9H16N8O3. The van der Waals surface area contributed by atoms with Crippen molar-refractivity contribution in [1.29, 1.82) is 0 Å². The molecule has 110 valence electrons. The van der Waals surface area contributed by atoms with Crippen LogP contribution >= 0.6 is 0 Å². The Balaban J connectivity index is 2.71. The van der Waals surface area contributed by atoms with E-state index in [1.165, 1.54) is 0 Å². The van der Waals surface area contributed by atoms with Crippen molar-refractivity contribution in [3.63, 3.8) is 0 Å². The molecule has 0 fully saturated rings. The Morgan fingerprint density at radius 1 is 0.900 bits per heavy atom. The molecule has 0 unspecified atom stereocenters. The lowest BCUT2D eigenvalue weighted by Gasteiger charge is -2.08. The highest BCUT2D eigenvalue weighted by atomic mass is 16.5. The van der Waals surface area contributed by atoms with Gasteiger partial charge in [-0.2, -0.15) is 0 Å². The van der Waals surface area contributed by atoms with E-state index in [1.54, 1.807) is 0 Å². The summed E-state index contributed by atoms with van der Waals surface area (Å²) in [6.45, 7) is 1.41. The van der Waals surface area contributed by atoms with E-state index < -0.39 is 0 Å². The molecule has 0 aliphatic rings. The van der Waals surface area contributed by atoms with Crippen LogP contribution in [0, 0.1) is 0 Å². The molecule has 0 aliphatic carbocycles. The minimum absolute atomic E-state index is 0.00665. The molecule has 0 amide bonds. The van der Waals surface area contributed by atoms with Gasteiger partial charge in [-0.3, -0.25) is 0 Å². The predicted octanol–water partition coefficient (Wildman–Crippen LogP) is -0.764. The fraction of sp³-hybridized carbons (Fsp3) is 0.667. The molecule has 4 N–H and O–H groups in total. The van der Waals surface area contributed by atoms with Crippen LogP contribution in [0.4, 0.5) is 0 Å². The maximum Gasteiger partial charge on any atom is 0.325 e. The number of rotatable bonds is 10. The van der Waals surface area contributed by atoms with Crippen molar-refractivity contribution in [2.45, 2.75) is 0 Å². The first-order valence-corrected chi connectivity index (χ1v) is 5.85. The Hall–Kier alpha value is -2.36. The lowest BCUT2D eigenvalue weighted by atomic mass is 10.7. The van der Waals surface area contributed by atoms with E-state index in [0.29, 0.717) is 13.1 Å². The second-order valence-corrected chi connectivity index (χ2v) is 3.26. The number of hydrogen-bond donors (Lipinski definition) is 2. The van der Waals surface area contributed by atoms with Crippen LogP contribution in [0.2, 0.25) is 0 Å². The Labute approximate surface area is 114 Å². The normalized spacial score (nSPS) is 9.70. The molecule has 11 nitrogen and oxygen atoms in total. The number of ether oxygens (including phenoxy) is 3. The fourth-order valence-corrected chi connectivity index (χ4v) is 1.04. The second-order valence-electron chi connectivity index (χ2n) is 3.26. The van der Waals surface area contributed by atoms with Gasteiger partial charge in [0.2, 0.25) is 0 Å². The highest BCUT2D eigenvalue weighted by molar-refractivity contribution is 5.09.